The monoisotopic (exact) mass is 364 g/mol. The van der Waals surface area contributed by atoms with Crippen molar-refractivity contribution in [3.63, 3.8) is 0 Å². The number of esters is 2. The summed E-state index contributed by atoms with van der Waals surface area (Å²) in [5, 5.41) is 0. The van der Waals surface area contributed by atoms with Crippen molar-refractivity contribution in [3.05, 3.63) is 34.2 Å². The zero-order valence-corrected chi connectivity index (χ0v) is 15.3. The van der Waals surface area contributed by atoms with Crippen LogP contribution in [0.4, 0.5) is 0 Å². The number of piperidine rings is 1. The first-order valence-electron chi connectivity index (χ1n) is 8.66. The van der Waals surface area contributed by atoms with Gasteiger partial charge >= 0.3 is 11.9 Å². The molecule has 0 bridgehead atoms. The summed E-state index contributed by atoms with van der Waals surface area (Å²) in [6.45, 7) is 4.42. The van der Waals surface area contributed by atoms with Crippen molar-refractivity contribution in [1.82, 2.24) is 9.47 Å². The van der Waals surface area contributed by atoms with Gasteiger partial charge < -0.3 is 18.9 Å². The van der Waals surface area contributed by atoms with Crippen LogP contribution >= 0.6 is 0 Å². The van der Waals surface area contributed by atoms with Gasteiger partial charge in [0.05, 0.1) is 18.1 Å². The van der Waals surface area contributed by atoms with Crippen LogP contribution < -0.4 is 5.56 Å². The van der Waals surface area contributed by atoms with Crippen molar-refractivity contribution in [2.24, 2.45) is 13.0 Å². The third-order valence-electron chi connectivity index (χ3n) is 4.40. The average Bonchev–Trinajstić information content (AvgIpc) is 2.63. The third-order valence-corrected chi connectivity index (χ3v) is 4.40. The summed E-state index contributed by atoms with van der Waals surface area (Å²) >= 11 is 0. The number of nitrogens with zero attached hydrogens (tertiary/aromatic N) is 2. The summed E-state index contributed by atoms with van der Waals surface area (Å²) in [6.07, 6.45) is 1.55. The van der Waals surface area contributed by atoms with E-state index in [9.17, 15) is 19.2 Å². The molecule has 1 aromatic rings. The van der Waals surface area contributed by atoms with Gasteiger partial charge in [-0.15, -0.1) is 0 Å². The van der Waals surface area contributed by atoms with Crippen molar-refractivity contribution in [2.45, 2.75) is 32.8 Å². The van der Waals surface area contributed by atoms with E-state index in [-0.39, 0.29) is 28.9 Å². The minimum Gasteiger partial charge on any atom is -0.466 e. The van der Waals surface area contributed by atoms with E-state index >= 15 is 0 Å². The molecule has 1 atom stereocenters. The van der Waals surface area contributed by atoms with E-state index < -0.39 is 12.1 Å². The molecule has 1 amide bonds. The van der Waals surface area contributed by atoms with Gasteiger partial charge in [0.2, 0.25) is 0 Å². The maximum Gasteiger partial charge on any atom is 0.339 e. The molecular weight excluding hydrogens is 340 g/mol. The summed E-state index contributed by atoms with van der Waals surface area (Å²) in [5.41, 5.74) is -0.228. The van der Waals surface area contributed by atoms with Crippen molar-refractivity contribution in [2.75, 3.05) is 19.7 Å². The number of pyridine rings is 1. The molecule has 0 spiro atoms. The highest BCUT2D eigenvalue weighted by atomic mass is 16.5. The number of amides is 1. The highest BCUT2D eigenvalue weighted by Crippen LogP contribution is 2.20. The quantitative estimate of drug-likeness (QED) is 0.715. The number of rotatable bonds is 5. The van der Waals surface area contributed by atoms with E-state index in [2.05, 4.69) is 0 Å². The first kappa shape index (κ1) is 19.7. The fourth-order valence-corrected chi connectivity index (χ4v) is 2.81. The Bertz CT molecular complexity index is 733. The Balaban J connectivity index is 1.89. The van der Waals surface area contributed by atoms with Gasteiger partial charge in [-0.2, -0.15) is 0 Å². The molecule has 1 saturated heterocycles. The van der Waals surface area contributed by atoms with Crippen LogP contribution in [0.25, 0.3) is 0 Å². The first-order valence-corrected chi connectivity index (χ1v) is 8.66. The fourth-order valence-electron chi connectivity index (χ4n) is 2.81. The summed E-state index contributed by atoms with van der Waals surface area (Å²) in [5.74, 6) is -1.46. The Morgan fingerprint density at radius 3 is 2.50 bits per heavy atom. The summed E-state index contributed by atoms with van der Waals surface area (Å²) < 4.78 is 11.5. The fraction of sp³-hybridized carbons (Fsp3) is 0.556. The molecule has 0 aliphatic carbocycles. The van der Waals surface area contributed by atoms with Gasteiger partial charge in [0.1, 0.15) is 0 Å². The molecule has 26 heavy (non-hydrogen) atoms. The average molecular weight is 364 g/mol. The number of carbonyl (C=O) groups is 3. The van der Waals surface area contributed by atoms with Gasteiger partial charge in [-0.1, -0.05) is 0 Å². The van der Waals surface area contributed by atoms with E-state index in [0.29, 0.717) is 32.5 Å². The molecule has 8 nitrogen and oxygen atoms in total. The lowest BCUT2D eigenvalue weighted by Crippen LogP contribution is -2.45. The maximum absolute atomic E-state index is 12.5. The van der Waals surface area contributed by atoms with E-state index in [1.54, 1.807) is 18.9 Å². The Morgan fingerprint density at radius 2 is 1.92 bits per heavy atom. The second kappa shape index (κ2) is 8.64. The molecule has 8 heteroatoms. The van der Waals surface area contributed by atoms with Gasteiger partial charge in [-0.3, -0.25) is 14.4 Å². The number of carbonyl (C=O) groups excluding carboxylic acids is 3. The molecule has 0 saturated carbocycles. The largest absolute Gasteiger partial charge is 0.466 e. The minimum atomic E-state index is -0.967. The molecule has 0 aromatic carbocycles. The number of aryl methyl sites for hydroxylation is 1. The summed E-state index contributed by atoms with van der Waals surface area (Å²) in [7, 11) is 1.57. The second-order valence-electron chi connectivity index (χ2n) is 6.26. The van der Waals surface area contributed by atoms with Crippen molar-refractivity contribution < 1.29 is 23.9 Å². The van der Waals surface area contributed by atoms with Crippen LogP contribution in [0.2, 0.25) is 0 Å². The predicted octanol–water partition coefficient (Wildman–Crippen LogP) is 0.732. The van der Waals surface area contributed by atoms with Crippen LogP contribution in [0.5, 0.6) is 0 Å². The molecular formula is C18H24N2O6. The van der Waals surface area contributed by atoms with Crippen LogP contribution in [-0.4, -0.2) is 53.1 Å². The molecule has 142 valence electrons. The summed E-state index contributed by atoms with van der Waals surface area (Å²) in [6, 6.07) is 2.64. The molecule has 2 heterocycles. The third kappa shape index (κ3) is 4.71. The van der Waals surface area contributed by atoms with E-state index in [1.165, 1.54) is 29.8 Å². The lowest BCUT2D eigenvalue weighted by atomic mass is 9.97. The van der Waals surface area contributed by atoms with E-state index in [4.69, 9.17) is 9.47 Å². The number of likely N-dealkylation sites (tertiary alicyclic amines) is 1. The zero-order valence-electron chi connectivity index (χ0n) is 15.3. The van der Waals surface area contributed by atoms with Gasteiger partial charge in [0, 0.05) is 32.4 Å². The highest BCUT2D eigenvalue weighted by Gasteiger charge is 2.31. The zero-order chi connectivity index (χ0) is 19.3. The lowest BCUT2D eigenvalue weighted by molar-refractivity contribution is -0.152. The predicted molar refractivity (Wildman–Crippen MR) is 92.5 cm³/mol. The van der Waals surface area contributed by atoms with E-state index in [1.807, 2.05) is 0 Å². The van der Waals surface area contributed by atoms with Crippen LogP contribution in [0.1, 0.15) is 37.0 Å². The Kier molecular flexibility index (Phi) is 6.54. The molecule has 0 radical (unpaired) electrons. The minimum absolute atomic E-state index is 0.105. The summed E-state index contributed by atoms with van der Waals surface area (Å²) in [4.78, 5) is 49.5. The standard InChI is InChI=1S/C18H24N2O6/c1-4-25-17(23)13-6-9-20(10-7-13)16(22)12(2)26-18(24)14-5-8-19(3)15(21)11-14/h5,8,11-13H,4,6-7,9-10H2,1-3H3. The van der Waals surface area contributed by atoms with Crippen molar-refractivity contribution in [3.8, 4) is 0 Å². The number of aromatic nitrogens is 1. The van der Waals surface area contributed by atoms with Crippen LogP contribution in [0.3, 0.4) is 0 Å². The van der Waals surface area contributed by atoms with Crippen molar-refractivity contribution in [1.29, 1.82) is 0 Å². The Labute approximate surface area is 151 Å². The number of hydrogen-bond acceptors (Lipinski definition) is 6. The maximum atomic E-state index is 12.5. The molecule has 1 unspecified atom stereocenters. The molecule has 1 aliphatic heterocycles. The van der Waals surface area contributed by atoms with Gasteiger partial charge in [0.25, 0.3) is 11.5 Å². The van der Waals surface area contributed by atoms with Gasteiger partial charge in [-0.25, -0.2) is 4.79 Å². The van der Waals surface area contributed by atoms with Crippen molar-refractivity contribution >= 4 is 17.8 Å². The number of ether oxygens (including phenoxy) is 2. The first-order chi connectivity index (χ1) is 12.3. The molecule has 1 aliphatic rings. The van der Waals surface area contributed by atoms with Gasteiger partial charge in [0.15, 0.2) is 6.10 Å². The van der Waals surface area contributed by atoms with E-state index in [0.717, 1.165) is 0 Å². The Morgan fingerprint density at radius 1 is 1.27 bits per heavy atom. The van der Waals surface area contributed by atoms with Crippen LogP contribution in [-0.2, 0) is 26.1 Å². The normalized spacial score (nSPS) is 16.0. The van der Waals surface area contributed by atoms with Crippen LogP contribution in [0.15, 0.2) is 23.1 Å². The highest BCUT2D eigenvalue weighted by molar-refractivity contribution is 5.92. The van der Waals surface area contributed by atoms with Gasteiger partial charge in [-0.05, 0) is 32.8 Å². The molecule has 1 fully saturated rings. The Hall–Kier alpha value is -2.64. The SMILES string of the molecule is CCOC(=O)C1CCN(C(=O)C(C)OC(=O)c2ccn(C)c(=O)c2)CC1. The molecule has 2 rings (SSSR count). The second-order valence-corrected chi connectivity index (χ2v) is 6.26. The number of hydrogen-bond donors (Lipinski definition) is 0. The topological polar surface area (TPSA) is 94.9 Å². The molecule has 1 aromatic heterocycles. The molecule has 0 N–H and O–H groups in total. The lowest BCUT2D eigenvalue weighted by Gasteiger charge is -2.32. The smallest absolute Gasteiger partial charge is 0.339 e. The van der Waals surface area contributed by atoms with Crippen LogP contribution in [0, 0.1) is 5.92 Å².